The molecular formula is C15H23ClO3. The monoisotopic (exact) mass is 286 g/mol. The second-order valence-corrected chi connectivity index (χ2v) is 6.01. The first-order valence-electron chi connectivity index (χ1n) is 6.44. The van der Waals surface area contributed by atoms with Crippen LogP contribution in [0, 0.1) is 5.41 Å². The Morgan fingerprint density at radius 3 is 2.42 bits per heavy atom. The minimum Gasteiger partial charge on any atom is -0.496 e. The summed E-state index contributed by atoms with van der Waals surface area (Å²) in [6.07, 6.45) is -1.11. The SMILES string of the molecule is CCOC(C(O)c1cc(Cl)ccc1OC)C(C)(C)C. The molecule has 0 fully saturated rings. The average molecular weight is 287 g/mol. The highest BCUT2D eigenvalue weighted by molar-refractivity contribution is 6.30. The number of aliphatic hydroxyl groups excluding tert-OH is 1. The van der Waals surface area contributed by atoms with Crippen molar-refractivity contribution >= 4 is 11.6 Å². The first-order chi connectivity index (χ1) is 8.81. The fourth-order valence-electron chi connectivity index (χ4n) is 2.09. The highest BCUT2D eigenvalue weighted by Gasteiger charge is 2.34. The van der Waals surface area contributed by atoms with Crippen molar-refractivity contribution in [1.29, 1.82) is 0 Å². The maximum Gasteiger partial charge on any atom is 0.124 e. The van der Waals surface area contributed by atoms with E-state index < -0.39 is 6.10 Å². The van der Waals surface area contributed by atoms with Gasteiger partial charge in [0.25, 0.3) is 0 Å². The van der Waals surface area contributed by atoms with Gasteiger partial charge >= 0.3 is 0 Å². The first kappa shape index (κ1) is 16.3. The lowest BCUT2D eigenvalue weighted by molar-refractivity contribution is -0.0904. The molecule has 0 saturated carbocycles. The Hall–Kier alpha value is -0.770. The van der Waals surface area contributed by atoms with Crippen molar-refractivity contribution < 1.29 is 14.6 Å². The third-order valence-corrected chi connectivity index (χ3v) is 3.23. The average Bonchev–Trinajstić information content (AvgIpc) is 2.33. The van der Waals surface area contributed by atoms with Crippen LogP contribution in [0.5, 0.6) is 5.75 Å². The first-order valence-corrected chi connectivity index (χ1v) is 6.82. The van der Waals surface area contributed by atoms with Crippen LogP contribution < -0.4 is 4.74 Å². The van der Waals surface area contributed by atoms with E-state index in [1.165, 1.54) is 0 Å². The van der Waals surface area contributed by atoms with Gasteiger partial charge in [-0.15, -0.1) is 0 Å². The molecule has 2 unspecified atom stereocenters. The summed E-state index contributed by atoms with van der Waals surface area (Å²) in [7, 11) is 1.58. The van der Waals surface area contributed by atoms with Gasteiger partial charge in [0.15, 0.2) is 0 Å². The van der Waals surface area contributed by atoms with Crippen LogP contribution in [0.25, 0.3) is 0 Å². The smallest absolute Gasteiger partial charge is 0.124 e. The molecule has 0 aliphatic heterocycles. The quantitative estimate of drug-likeness (QED) is 0.894. The molecule has 0 amide bonds. The summed E-state index contributed by atoms with van der Waals surface area (Å²) >= 11 is 6.01. The van der Waals surface area contributed by atoms with E-state index in [0.717, 1.165) is 0 Å². The zero-order valence-corrected chi connectivity index (χ0v) is 13.0. The predicted molar refractivity (Wildman–Crippen MR) is 77.8 cm³/mol. The van der Waals surface area contributed by atoms with Crippen LogP contribution in [0.1, 0.15) is 39.4 Å². The lowest BCUT2D eigenvalue weighted by Crippen LogP contribution is -2.35. The summed E-state index contributed by atoms with van der Waals surface area (Å²) in [5.74, 6) is 0.617. The van der Waals surface area contributed by atoms with Crippen LogP contribution in [-0.4, -0.2) is 24.9 Å². The number of aliphatic hydroxyl groups is 1. The zero-order valence-electron chi connectivity index (χ0n) is 12.2. The lowest BCUT2D eigenvalue weighted by Gasteiger charge is -2.34. The summed E-state index contributed by atoms with van der Waals surface area (Å²) in [6, 6.07) is 5.22. The topological polar surface area (TPSA) is 38.7 Å². The molecule has 1 aromatic carbocycles. The zero-order chi connectivity index (χ0) is 14.6. The minimum absolute atomic E-state index is 0.192. The summed E-state index contributed by atoms with van der Waals surface area (Å²) in [5.41, 5.74) is 0.464. The van der Waals surface area contributed by atoms with Crippen molar-refractivity contribution in [2.75, 3.05) is 13.7 Å². The third kappa shape index (κ3) is 4.10. The largest absolute Gasteiger partial charge is 0.496 e. The van der Waals surface area contributed by atoms with Gasteiger partial charge in [0.1, 0.15) is 11.9 Å². The maximum absolute atomic E-state index is 10.6. The fourth-order valence-corrected chi connectivity index (χ4v) is 2.27. The molecule has 0 spiro atoms. The van der Waals surface area contributed by atoms with Crippen molar-refractivity contribution in [2.24, 2.45) is 5.41 Å². The molecule has 0 aliphatic carbocycles. The summed E-state index contributed by atoms with van der Waals surface area (Å²) in [4.78, 5) is 0. The lowest BCUT2D eigenvalue weighted by atomic mass is 9.83. The van der Waals surface area contributed by atoms with Gasteiger partial charge in [0.2, 0.25) is 0 Å². The Morgan fingerprint density at radius 1 is 1.32 bits per heavy atom. The highest BCUT2D eigenvalue weighted by atomic mass is 35.5. The van der Waals surface area contributed by atoms with Crippen LogP contribution >= 0.6 is 11.6 Å². The van der Waals surface area contributed by atoms with E-state index in [1.54, 1.807) is 25.3 Å². The van der Waals surface area contributed by atoms with E-state index in [0.29, 0.717) is 22.9 Å². The molecule has 0 bridgehead atoms. The summed E-state index contributed by atoms with van der Waals surface area (Å²) in [5, 5.41) is 11.2. The number of ether oxygens (including phenoxy) is 2. The Balaban J connectivity index is 3.15. The van der Waals surface area contributed by atoms with Gasteiger partial charge in [-0.25, -0.2) is 0 Å². The number of hydrogen-bond acceptors (Lipinski definition) is 3. The maximum atomic E-state index is 10.6. The molecule has 3 nitrogen and oxygen atoms in total. The standard InChI is InChI=1S/C15H23ClO3/c1-6-19-14(15(2,3)4)13(17)11-9-10(16)7-8-12(11)18-5/h7-9,13-14,17H,6H2,1-5H3. The van der Waals surface area contributed by atoms with Gasteiger partial charge < -0.3 is 14.6 Å². The number of hydrogen-bond donors (Lipinski definition) is 1. The van der Waals surface area contributed by atoms with Crippen LogP contribution in [-0.2, 0) is 4.74 Å². The molecular weight excluding hydrogens is 264 g/mol. The molecule has 4 heteroatoms. The van der Waals surface area contributed by atoms with E-state index in [2.05, 4.69) is 0 Å². The molecule has 0 aliphatic rings. The Labute approximate surface area is 120 Å². The highest BCUT2D eigenvalue weighted by Crippen LogP contribution is 2.37. The molecule has 0 heterocycles. The molecule has 0 aromatic heterocycles. The second-order valence-electron chi connectivity index (χ2n) is 5.57. The minimum atomic E-state index is -0.784. The van der Waals surface area contributed by atoms with Gasteiger partial charge in [0, 0.05) is 17.2 Å². The second kappa shape index (κ2) is 6.60. The third-order valence-electron chi connectivity index (χ3n) is 3.00. The van der Waals surface area contributed by atoms with E-state index in [1.807, 2.05) is 27.7 Å². The Bertz CT molecular complexity index is 412. The predicted octanol–water partition coefficient (Wildman–Crippen LogP) is 3.83. The molecule has 1 aromatic rings. The van der Waals surface area contributed by atoms with E-state index in [9.17, 15) is 5.11 Å². The van der Waals surface area contributed by atoms with E-state index in [4.69, 9.17) is 21.1 Å². The van der Waals surface area contributed by atoms with Crippen LogP contribution in [0.2, 0.25) is 5.02 Å². The normalized spacial score (nSPS) is 15.1. The Kier molecular flexibility index (Phi) is 5.65. The van der Waals surface area contributed by atoms with Gasteiger partial charge in [0.05, 0.1) is 13.2 Å². The van der Waals surface area contributed by atoms with Crippen molar-refractivity contribution in [3.05, 3.63) is 28.8 Å². The van der Waals surface area contributed by atoms with Crippen molar-refractivity contribution in [3.63, 3.8) is 0 Å². The van der Waals surface area contributed by atoms with Crippen LogP contribution in [0.15, 0.2) is 18.2 Å². The molecule has 19 heavy (non-hydrogen) atoms. The molecule has 1 rings (SSSR count). The van der Waals surface area contributed by atoms with Crippen LogP contribution in [0.3, 0.4) is 0 Å². The Morgan fingerprint density at radius 2 is 1.95 bits per heavy atom. The van der Waals surface area contributed by atoms with Crippen molar-refractivity contribution in [3.8, 4) is 5.75 Å². The fraction of sp³-hybridized carbons (Fsp3) is 0.600. The number of benzene rings is 1. The number of methoxy groups -OCH3 is 1. The number of rotatable bonds is 5. The summed E-state index contributed by atoms with van der Waals surface area (Å²) in [6.45, 7) is 8.57. The van der Waals surface area contributed by atoms with Gasteiger partial charge in [-0.1, -0.05) is 32.4 Å². The molecule has 1 N–H and O–H groups in total. The molecule has 0 saturated heterocycles. The number of halogens is 1. The van der Waals surface area contributed by atoms with Gasteiger partial charge in [-0.2, -0.15) is 0 Å². The van der Waals surface area contributed by atoms with Crippen LogP contribution in [0.4, 0.5) is 0 Å². The molecule has 0 radical (unpaired) electrons. The van der Waals surface area contributed by atoms with Crippen molar-refractivity contribution in [1.82, 2.24) is 0 Å². The molecule has 2 atom stereocenters. The van der Waals surface area contributed by atoms with E-state index >= 15 is 0 Å². The van der Waals surface area contributed by atoms with Gasteiger partial charge in [-0.05, 0) is 30.5 Å². The summed E-state index contributed by atoms with van der Waals surface area (Å²) < 4.78 is 11.0. The van der Waals surface area contributed by atoms with Crippen molar-refractivity contribution in [2.45, 2.75) is 39.9 Å². The van der Waals surface area contributed by atoms with E-state index in [-0.39, 0.29) is 11.5 Å². The van der Waals surface area contributed by atoms with Gasteiger partial charge in [-0.3, -0.25) is 0 Å². The molecule has 108 valence electrons.